The zero-order valence-electron chi connectivity index (χ0n) is 7.94. The first-order valence-electron chi connectivity index (χ1n) is 4.31. The molecule has 0 radical (unpaired) electrons. The van der Waals surface area contributed by atoms with Crippen LogP contribution in [0.3, 0.4) is 0 Å². The first-order chi connectivity index (χ1) is 6.58. The molecule has 0 saturated heterocycles. The van der Waals surface area contributed by atoms with Crippen LogP contribution < -0.4 is 0 Å². The summed E-state index contributed by atoms with van der Waals surface area (Å²) in [7, 11) is 0. The second-order valence-electron chi connectivity index (χ2n) is 3.35. The van der Waals surface area contributed by atoms with Crippen LogP contribution in [0.4, 0.5) is 4.39 Å². The van der Waals surface area contributed by atoms with Gasteiger partial charge in [-0.15, -0.1) is 0 Å². The van der Waals surface area contributed by atoms with Crippen molar-refractivity contribution in [2.24, 2.45) is 0 Å². The van der Waals surface area contributed by atoms with Crippen molar-refractivity contribution >= 4 is 26.8 Å². The van der Waals surface area contributed by atoms with E-state index in [-0.39, 0.29) is 5.82 Å². The number of fused-ring (bicyclic) bond motifs is 1. The number of pyridine rings is 1. The number of nitrogens with zero attached hydrogens (tertiary/aromatic N) is 1. The van der Waals surface area contributed by atoms with E-state index in [9.17, 15) is 4.39 Å². The molecule has 3 heteroatoms. The zero-order chi connectivity index (χ0) is 10.3. The van der Waals surface area contributed by atoms with E-state index >= 15 is 0 Å². The van der Waals surface area contributed by atoms with Gasteiger partial charge in [0.25, 0.3) is 0 Å². The van der Waals surface area contributed by atoms with Crippen LogP contribution in [0.25, 0.3) is 10.9 Å². The number of halogens is 2. The van der Waals surface area contributed by atoms with Gasteiger partial charge in [-0.25, -0.2) is 4.39 Å². The van der Waals surface area contributed by atoms with Crippen molar-refractivity contribution in [1.82, 2.24) is 4.98 Å². The molecule has 0 aliphatic carbocycles. The zero-order valence-corrected chi connectivity index (χ0v) is 9.52. The molecular formula is C11H9BrFN. The van der Waals surface area contributed by atoms with Crippen LogP contribution in [0, 0.1) is 19.7 Å². The van der Waals surface area contributed by atoms with E-state index in [1.165, 1.54) is 6.07 Å². The summed E-state index contributed by atoms with van der Waals surface area (Å²) in [5, 5.41) is 0.960. The Morgan fingerprint density at radius 2 is 1.93 bits per heavy atom. The predicted molar refractivity (Wildman–Crippen MR) is 58.9 cm³/mol. The molecule has 0 saturated carbocycles. The molecule has 0 aliphatic heterocycles. The summed E-state index contributed by atoms with van der Waals surface area (Å²) in [5.74, 6) is -0.270. The fraction of sp³-hybridized carbons (Fsp3) is 0.182. The fourth-order valence-electron chi connectivity index (χ4n) is 1.37. The monoisotopic (exact) mass is 253 g/mol. The second-order valence-corrected chi connectivity index (χ2v) is 4.20. The largest absolute Gasteiger partial charge is 0.253 e. The highest BCUT2D eigenvalue weighted by molar-refractivity contribution is 9.10. The molecule has 1 nitrogen and oxygen atoms in total. The maximum atomic E-state index is 13.2. The third kappa shape index (κ3) is 1.52. The van der Waals surface area contributed by atoms with Crippen molar-refractivity contribution in [3.8, 4) is 0 Å². The molecule has 1 aromatic carbocycles. The summed E-state index contributed by atoms with van der Waals surface area (Å²) < 4.78 is 13.7. The number of hydrogen-bond donors (Lipinski definition) is 0. The SMILES string of the molecule is Cc1cc2cc(Br)c(F)cc2nc1C. The van der Waals surface area contributed by atoms with Gasteiger partial charge in [-0.05, 0) is 47.5 Å². The molecule has 1 heterocycles. The Hall–Kier alpha value is -0.960. The lowest BCUT2D eigenvalue weighted by molar-refractivity contribution is 0.622. The summed E-state index contributed by atoms with van der Waals surface area (Å²) in [4.78, 5) is 4.32. The van der Waals surface area contributed by atoms with E-state index in [0.717, 1.165) is 16.6 Å². The average molecular weight is 254 g/mol. The van der Waals surface area contributed by atoms with Gasteiger partial charge in [-0.3, -0.25) is 4.98 Å². The third-order valence-electron chi connectivity index (χ3n) is 2.30. The van der Waals surface area contributed by atoms with Gasteiger partial charge in [-0.2, -0.15) is 0 Å². The number of benzene rings is 1. The molecule has 0 fully saturated rings. The summed E-state index contributed by atoms with van der Waals surface area (Å²) in [6.07, 6.45) is 0. The van der Waals surface area contributed by atoms with Gasteiger partial charge in [0.1, 0.15) is 5.82 Å². The molecule has 2 aromatic rings. The molecule has 72 valence electrons. The van der Waals surface area contributed by atoms with Crippen LogP contribution in [0.15, 0.2) is 22.7 Å². The van der Waals surface area contributed by atoms with Gasteiger partial charge in [0.05, 0.1) is 9.99 Å². The summed E-state index contributed by atoms with van der Waals surface area (Å²) in [6.45, 7) is 3.92. The number of hydrogen-bond acceptors (Lipinski definition) is 1. The minimum atomic E-state index is -0.270. The smallest absolute Gasteiger partial charge is 0.139 e. The Balaban J connectivity index is 2.83. The van der Waals surface area contributed by atoms with Crippen molar-refractivity contribution in [2.75, 3.05) is 0 Å². The maximum absolute atomic E-state index is 13.2. The lowest BCUT2D eigenvalue weighted by atomic mass is 10.1. The van der Waals surface area contributed by atoms with Gasteiger partial charge in [0, 0.05) is 17.1 Å². The highest BCUT2D eigenvalue weighted by Gasteiger charge is 2.04. The summed E-state index contributed by atoms with van der Waals surface area (Å²) in [5.41, 5.74) is 2.77. The summed E-state index contributed by atoms with van der Waals surface area (Å²) in [6, 6.07) is 5.22. The number of rotatable bonds is 0. The van der Waals surface area contributed by atoms with Gasteiger partial charge in [0.2, 0.25) is 0 Å². The first-order valence-corrected chi connectivity index (χ1v) is 5.10. The Bertz CT molecular complexity index is 419. The minimum absolute atomic E-state index is 0.270. The average Bonchev–Trinajstić information content (AvgIpc) is 2.11. The van der Waals surface area contributed by atoms with E-state index in [1.54, 1.807) is 6.07 Å². The third-order valence-corrected chi connectivity index (χ3v) is 2.91. The van der Waals surface area contributed by atoms with Gasteiger partial charge in [-0.1, -0.05) is 0 Å². The lowest BCUT2D eigenvalue weighted by Gasteiger charge is -2.04. The van der Waals surface area contributed by atoms with Crippen molar-refractivity contribution in [3.05, 3.63) is 39.7 Å². The van der Waals surface area contributed by atoms with Crippen LogP contribution in [0.1, 0.15) is 11.3 Å². The number of aryl methyl sites for hydroxylation is 2. The lowest BCUT2D eigenvalue weighted by Crippen LogP contribution is -1.89. The quantitative estimate of drug-likeness (QED) is 0.697. The van der Waals surface area contributed by atoms with Gasteiger partial charge in [0.15, 0.2) is 0 Å². The fourth-order valence-corrected chi connectivity index (χ4v) is 1.73. The van der Waals surface area contributed by atoms with Crippen LogP contribution in [0.5, 0.6) is 0 Å². The van der Waals surface area contributed by atoms with E-state index in [1.807, 2.05) is 19.9 Å². The predicted octanol–water partition coefficient (Wildman–Crippen LogP) is 3.75. The van der Waals surface area contributed by atoms with Crippen LogP contribution >= 0.6 is 15.9 Å². The van der Waals surface area contributed by atoms with Crippen LogP contribution in [0.2, 0.25) is 0 Å². The van der Waals surface area contributed by atoms with E-state index in [0.29, 0.717) is 9.99 Å². The normalized spacial score (nSPS) is 10.9. The molecule has 0 amide bonds. The van der Waals surface area contributed by atoms with E-state index in [4.69, 9.17) is 0 Å². The second kappa shape index (κ2) is 3.31. The van der Waals surface area contributed by atoms with Crippen LogP contribution in [-0.4, -0.2) is 4.98 Å². The summed E-state index contributed by atoms with van der Waals surface area (Å²) >= 11 is 3.16. The molecule has 14 heavy (non-hydrogen) atoms. The molecule has 2 rings (SSSR count). The maximum Gasteiger partial charge on any atom is 0.139 e. The van der Waals surface area contributed by atoms with Gasteiger partial charge < -0.3 is 0 Å². The van der Waals surface area contributed by atoms with Crippen molar-refractivity contribution in [3.63, 3.8) is 0 Å². The molecule has 0 atom stereocenters. The Labute approximate surface area is 90.1 Å². The van der Waals surface area contributed by atoms with Crippen molar-refractivity contribution in [2.45, 2.75) is 13.8 Å². The molecule has 0 spiro atoms. The van der Waals surface area contributed by atoms with E-state index < -0.39 is 0 Å². The standard InChI is InChI=1S/C11H9BrFN/c1-6-3-8-4-9(12)10(13)5-11(8)14-7(6)2/h3-5H,1-2H3. The highest BCUT2D eigenvalue weighted by atomic mass is 79.9. The molecule has 0 bridgehead atoms. The molecule has 0 N–H and O–H groups in total. The first kappa shape index (κ1) is 9.59. The topological polar surface area (TPSA) is 12.9 Å². The Morgan fingerprint density at radius 3 is 2.64 bits per heavy atom. The molecule has 0 aliphatic rings. The van der Waals surface area contributed by atoms with E-state index in [2.05, 4.69) is 20.9 Å². The molecule has 0 unspecified atom stereocenters. The van der Waals surface area contributed by atoms with Crippen molar-refractivity contribution in [1.29, 1.82) is 0 Å². The van der Waals surface area contributed by atoms with Crippen LogP contribution in [-0.2, 0) is 0 Å². The van der Waals surface area contributed by atoms with Gasteiger partial charge >= 0.3 is 0 Å². The minimum Gasteiger partial charge on any atom is -0.253 e. The molecular weight excluding hydrogens is 245 g/mol. The molecule has 1 aromatic heterocycles. The van der Waals surface area contributed by atoms with Crippen molar-refractivity contribution < 1.29 is 4.39 Å². The Morgan fingerprint density at radius 1 is 1.21 bits per heavy atom. The number of aromatic nitrogens is 1. The highest BCUT2D eigenvalue weighted by Crippen LogP contribution is 2.23. The Kier molecular flexibility index (Phi) is 2.27.